The van der Waals surface area contributed by atoms with Crippen LogP contribution in [0.25, 0.3) is 0 Å². The predicted molar refractivity (Wildman–Crippen MR) is 81.5 cm³/mol. The topological polar surface area (TPSA) is 58.4 Å². The number of nitrogens with zero attached hydrogens (tertiary/aromatic N) is 2. The third-order valence-electron chi connectivity index (χ3n) is 3.78. The van der Waals surface area contributed by atoms with Crippen LogP contribution >= 0.6 is 11.6 Å². The molecule has 1 aromatic carbocycles. The Bertz CT molecular complexity index is 485. The van der Waals surface area contributed by atoms with Crippen LogP contribution in [-0.4, -0.2) is 35.0 Å². The van der Waals surface area contributed by atoms with Crippen LogP contribution in [0.2, 0.25) is 5.02 Å². The maximum absolute atomic E-state index is 10.8. The molecule has 1 N–H and O–H groups in total. The summed E-state index contributed by atoms with van der Waals surface area (Å²) in [5, 5.41) is 14.7. The first-order chi connectivity index (χ1) is 9.47. The van der Waals surface area contributed by atoms with E-state index in [-0.39, 0.29) is 5.69 Å². The molecule has 0 unspecified atom stereocenters. The molecule has 1 aliphatic heterocycles. The van der Waals surface area contributed by atoms with Crippen molar-refractivity contribution in [3.8, 4) is 0 Å². The number of hydrogen-bond donors (Lipinski definition) is 1. The van der Waals surface area contributed by atoms with Gasteiger partial charge in [-0.25, -0.2) is 0 Å². The van der Waals surface area contributed by atoms with E-state index >= 15 is 0 Å². The maximum atomic E-state index is 10.8. The lowest BCUT2D eigenvalue weighted by Crippen LogP contribution is -2.42. The fourth-order valence-electron chi connectivity index (χ4n) is 2.52. The molecule has 1 fully saturated rings. The van der Waals surface area contributed by atoms with Crippen LogP contribution in [-0.2, 0) is 0 Å². The summed E-state index contributed by atoms with van der Waals surface area (Å²) >= 11 is 6.10. The van der Waals surface area contributed by atoms with Crippen molar-refractivity contribution in [1.82, 2.24) is 4.90 Å². The molecule has 0 aliphatic carbocycles. The van der Waals surface area contributed by atoms with Crippen LogP contribution in [0, 0.1) is 10.1 Å². The normalized spacial score (nSPS) is 17.4. The van der Waals surface area contributed by atoms with Gasteiger partial charge in [-0.1, -0.05) is 11.6 Å². The van der Waals surface area contributed by atoms with Gasteiger partial charge >= 0.3 is 0 Å². The van der Waals surface area contributed by atoms with Crippen molar-refractivity contribution in [2.75, 3.05) is 18.4 Å². The van der Waals surface area contributed by atoms with E-state index in [0.717, 1.165) is 25.9 Å². The largest absolute Gasteiger partial charge is 0.381 e. The zero-order chi connectivity index (χ0) is 14.7. The summed E-state index contributed by atoms with van der Waals surface area (Å²) in [4.78, 5) is 12.8. The van der Waals surface area contributed by atoms with Crippen LogP contribution in [0.4, 0.5) is 11.4 Å². The van der Waals surface area contributed by atoms with Gasteiger partial charge in [0, 0.05) is 37.3 Å². The monoisotopic (exact) mass is 297 g/mol. The Labute approximate surface area is 124 Å². The molecule has 0 atom stereocenters. The Morgan fingerprint density at radius 1 is 1.40 bits per heavy atom. The number of nitrogens with one attached hydrogen (secondary N) is 1. The first-order valence-corrected chi connectivity index (χ1v) is 7.29. The standard InChI is InChI=1S/C14H20ClN3O2/c1-10(2)17-7-5-11(6-8-17)16-14-9-12(18(19)20)3-4-13(14)15/h3-4,9-11,16H,5-8H2,1-2H3. The smallest absolute Gasteiger partial charge is 0.271 e. The van der Waals surface area contributed by atoms with Gasteiger partial charge < -0.3 is 10.2 Å². The second-order valence-corrected chi connectivity index (χ2v) is 5.88. The highest BCUT2D eigenvalue weighted by Crippen LogP contribution is 2.28. The molecule has 2 rings (SSSR count). The molecule has 5 nitrogen and oxygen atoms in total. The summed E-state index contributed by atoms with van der Waals surface area (Å²) in [6.07, 6.45) is 2.05. The fraction of sp³-hybridized carbons (Fsp3) is 0.571. The van der Waals surface area contributed by atoms with Gasteiger partial charge in [-0.15, -0.1) is 0 Å². The third kappa shape index (κ3) is 3.61. The Kier molecular flexibility index (Phi) is 4.83. The SMILES string of the molecule is CC(C)N1CCC(Nc2cc([N+](=O)[O-])ccc2Cl)CC1. The molecular formula is C14H20ClN3O2. The molecule has 1 aromatic rings. The van der Waals surface area contributed by atoms with Crippen LogP contribution in [0.15, 0.2) is 18.2 Å². The summed E-state index contributed by atoms with van der Waals surface area (Å²) in [7, 11) is 0. The van der Waals surface area contributed by atoms with Crippen LogP contribution in [0.1, 0.15) is 26.7 Å². The molecule has 0 amide bonds. The molecule has 0 bridgehead atoms. The van der Waals surface area contributed by atoms with Crippen LogP contribution in [0.5, 0.6) is 0 Å². The van der Waals surface area contributed by atoms with Crippen LogP contribution < -0.4 is 5.32 Å². The number of anilines is 1. The molecular weight excluding hydrogens is 278 g/mol. The first kappa shape index (κ1) is 15.1. The molecule has 1 aliphatic rings. The molecule has 0 radical (unpaired) electrons. The van der Waals surface area contributed by atoms with Gasteiger partial charge in [-0.3, -0.25) is 10.1 Å². The minimum atomic E-state index is -0.400. The van der Waals surface area contributed by atoms with E-state index in [1.54, 1.807) is 6.07 Å². The molecule has 20 heavy (non-hydrogen) atoms. The summed E-state index contributed by atoms with van der Waals surface area (Å²) in [5.41, 5.74) is 0.723. The molecule has 1 heterocycles. The lowest BCUT2D eigenvalue weighted by molar-refractivity contribution is -0.384. The molecule has 0 saturated carbocycles. The number of halogens is 1. The highest BCUT2D eigenvalue weighted by molar-refractivity contribution is 6.33. The van der Waals surface area contributed by atoms with E-state index in [1.165, 1.54) is 12.1 Å². The number of likely N-dealkylation sites (tertiary alicyclic amines) is 1. The lowest BCUT2D eigenvalue weighted by atomic mass is 10.0. The maximum Gasteiger partial charge on any atom is 0.271 e. The number of piperidine rings is 1. The fourth-order valence-corrected chi connectivity index (χ4v) is 2.69. The molecule has 1 saturated heterocycles. The van der Waals surface area contributed by atoms with Crippen molar-refractivity contribution in [3.63, 3.8) is 0 Å². The quantitative estimate of drug-likeness (QED) is 0.682. The van der Waals surface area contributed by atoms with Gasteiger partial charge in [-0.05, 0) is 32.8 Å². The van der Waals surface area contributed by atoms with Crippen molar-refractivity contribution in [1.29, 1.82) is 0 Å². The van der Waals surface area contributed by atoms with E-state index in [2.05, 4.69) is 24.1 Å². The second kappa shape index (κ2) is 6.41. The Balaban J connectivity index is 2.00. The van der Waals surface area contributed by atoms with E-state index in [9.17, 15) is 10.1 Å². The van der Waals surface area contributed by atoms with Gasteiger partial charge in [0.1, 0.15) is 0 Å². The number of non-ortho nitro benzene ring substituents is 1. The first-order valence-electron chi connectivity index (χ1n) is 6.92. The highest BCUT2D eigenvalue weighted by Gasteiger charge is 2.21. The zero-order valence-electron chi connectivity index (χ0n) is 11.8. The summed E-state index contributed by atoms with van der Waals surface area (Å²) in [6.45, 7) is 6.49. The lowest BCUT2D eigenvalue weighted by Gasteiger charge is -2.35. The number of nitro benzene ring substituents is 1. The summed E-state index contributed by atoms with van der Waals surface area (Å²) < 4.78 is 0. The average molecular weight is 298 g/mol. The molecule has 0 spiro atoms. The van der Waals surface area contributed by atoms with Gasteiger partial charge in [-0.2, -0.15) is 0 Å². The van der Waals surface area contributed by atoms with Gasteiger partial charge in [0.05, 0.1) is 15.6 Å². The van der Waals surface area contributed by atoms with Gasteiger partial charge in [0.2, 0.25) is 0 Å². The van der Waals surface area contributed by atoms with E-state index in [1.807, 2.05) is 0 Å². The molecule has 6 heteroatoms. The van der Waals surface area contributed by atoms with Crippen molar-refractivity contribution in [2.24, 2.45) is 0 Å². The van der Waals surface area contributed by atoms with E-state index in [4.69, 9.17) is 11.6 Å². The van der Waals surface area contributed by atoms with Crippen molar-refractivity contribution in [2.45, 2.75) is 38.8 Å². The summed E-state index contributed by atoms with van der Waals surface area (Å²) in [6, 6.07) is 5.40. The molecule has 110 valence electrons. The Hall–Kier alpha value is -1.33. The van der Waals surface area contributed by atoms with E-state index < -0.39 is 4.92 Å². The molecule has 0 aromatic heterocycles. The van der Waals surface area contributed by atoms with Crippen molar-refractivity contribution >= 4 is 23.0 Å². The van der Waals surface area contributed by atoms with Crippen molar-refractivity contribution < 1.29 is 4.92 Å². The van der Waals surface area contributed by atoms with Crippen LogP contribution in [0.3, 0.4) is 0 Å². The predicted octanol–water partition coefficient (Wildman–Crippen LogP) is 3.53. The van der Waals surface area contributed by atoms with Gasteiger partial charge in [0.25, 0.3) is 5.69 Å². The second-order valence-electron chi connectivity index (χ2n) is 5.47. The number of rotatable bonds is 4. The van der Waals surface area contributed by atoms with E-state index in [0.29, 0.717) is 22.8 Å². The Morgan fingerprint density at radius 2 is 2.05 bits per heavy atom. The summed E-state index contributed by atoms with van der Waals surface area (Å²) in [5.74, 6) is 0. The zero-order valence-corrected chi connectivity index (χ0v) is 12.6. The average Bonchev–Trinajstić information content (AvgIpc) is 2.41. The van der Waals surface area contributed by atoms with Crippen molar-refractivity contribution in [3.05, 3.63) is 33.3 Å². The minimum Gasteiger partial charge on any atom is -0.381 e. The van der Waals surface area contributed by atoms with Gasteiger partial charge in [0.15, 0.2) is 0 Å². The minimum absolute atomic E-state index is 0.0662. The number of benzene rings is 1. The third-order valence-corrected chi connectivity index (χ3v) is 4.11. The Morgan fingerprint density at radius 3 is 2.60 bits per heavy atom. The number of nitro groups is 1. The highest BCUT2D eigenvalue weighted by atomic mass is 35.5. The number of hydrogen-bond acceptors (Lipinski definition) is 4.